The van der Waals surface area contributed by atoms with Crippen molar-refractivity contribution in [2.45, 2.75) is 26.2 Å². The minimum atomic E-state index is -0.218. The van der Waals surface area contributed by atoms with E-state index in [4.69, 9.17) is 0 Å². The first kappa shape index (κ1) is 10.1. The van der Waals surface area contributed by atoms with Crippen LogP contribution in [0, 0.1) is 5.41 Å². The Labute approximate surface area is 88.3 Å². The fourth-order valence-electron chi connectivity index (χ4n) is 1.48. The highest BCUT2D eigenvalue weighted by Crippen LogP contribution is 2.46. The van der Waals surface area contributed by atoms with Gasteiger partial charge in [-0.25, -0.2) is 0 Å². The lowest BCUT2D eigenvalue weighted by Crippen LogP contribution is -2.17. The molecule has 1 aliphatic carbocycles. The predicted octanol–water partition coefficient (Wildman–Crippen LogP) is 1.36. The standard InChI is InChI=1S/C11H14N2O2/c1-11(4-5-11)10(15)7-9(14)8-3-6-13(2)12-8/h3,6H,4-5,7H2,1-2H3. The zero-order valence-corrected chi connectivity index (χ0v) is 8.99. The van der Waals surface area contributed by atoms with Gasteiger partial charge in [-0.05, 0) is 18.9 Å². The van der Waals surface area contributed by atoms with E-state index in [9.17, 15) is 9.59 Å². The monoisotopic (exact) mass is 206 g/mol. The molecular formula is C11H14N2O2. The molecule has 0 N–H and O–H groups in total. The summed E-state index contributed by atoms with van der Waals surface area (Å²) in [5.41, 5.74) is 0.167. The van der Waals surface area contributed by atoms with Crippen LogP contribution in [-0.2, 0) is 11.8 Å². The summed E-state index contributed by atoms with van der Waals surface area (Å²) >= 11 is 0. The molecular weight excluding hydrogens is 192 g/mol. The van der Waals surface area contributed by atoms with E-state index in [2.05, 4.69) is 5.10 Å². The highest BCUT2D eigenvalue weighted by atomic mass is 16.2. The van der Waals surface area contributed by atoms with Crippen molar-refractivity contribution in [1.82, 2.24) is 9.78 Å². The molecule has 0 saturated heterocycles. The fraction of sp³-hybridized carbons (Fsp3) is 0.545. The average molecular weight is 206 g/mol. The van der Waals surface area contributed by atoms with Gasteiger partial charge in [0.25, 0.3) is 0 Å². The number of aryl methyl sites for hydroxylation is 1. The number of hydrogen-bond donors (Lipinski definition) is 0. The second-order valence-electron chi connectivity index (χ2n) is 4.46. The van der Waals surface area contributed by atoms with Crippen LogP contribution < -0.4 is 0 Å². The third-order valence-electron chi connectivity index (χ3n) is 2.99. The maximum atomic E-state index is 11.7. The third kappa shape index (κ3) is 1.98. The van der Waals surface area contributed by atoms with Crippen LogP contribution in [-0.4, -0.2) is 21.3 Å². The maximum Gasteiger partial charge on any atom is 0.190 e. The number of carbonyl (C=O) groups is 2. The molecule has 1 aromatic heterocycles. The van der Waals surface area contributed by atoms with Crippen LogP contribution in [0.5, 0.6) is 0 Å². The topological polar surface area (TPSA) is 52.0 Å². The predicted molar refractivity (Wildman–Crippen MR) is 54.5 cm³/mol. The lowest BCUT2D eigenvalue weighted by atomic mass is 9.98. The number of aromatic nitrogens is 2. The molecule has 0 aliphatic heterocycles. The van der Waals surface area contributed by atoms with Gasteiger partial charge in [-0.2, -0.15) is 5.10 Å². The molecule has 0 bridgehead atoms. The molecule has 1 saturated carbocycles. The van der Waals surface area contributed by atoms with Crippen molar-refractivity contribution in [2.75, 3.05) is 0 Å². The second kappa shape index (κ2) is 3.29. The number of ketones is 2. The van der Waals surface area contributed by atoms with Gasteiger partial charge in [0.2, 0.25) is 0 Å². The minimum absolute atomic E-state index is 0.00644. The van der Waals surface area contributed by atoms with E-state index in [1.807, 2.05) is 6.92 Å². The van der Waals surface area contributed by atoms with Crippen LogP contribution in [0.15, 0.2) is 12.3 Å². The molecule has 1 heterocycles. The molecule has 0 spiro atoms. The second-order valence-corrected chi connectivity index (χ2v) is 4.46. The summed E-state index contributed by atoms with van der Waals surface area (Å²) < 4.78 is 1.57. The third-order valence-corrected chi connectivity index (χ3v) is 2.99. The number of carbonyl (C=O) groups excluding carboxylic acids is 2. The Bertz CT molecular complexity index is 416. The minimum Gasteiger partial charge on any atom is -0.299 e. The summed E-state index contributed by atoms with van der Waals surface area (Å²) in [6.07, 6.45) is 3.53. The van der Waals surface area contributed by atoms with E-state index >= 15 is 0 Å². The number of hydrogen-bond acceptors (Lipinski definition) is 3. The molecule has 0 amide bonds. The van der Waals surface area contributed by atoms with Gasteiger partial charge < -0.3 is 0 Å². The van der Waals surface area contributed by atoms with Gasteiger partial charge in [0, 0.05) is 18.7 Å². The summed E-state index contributed by atoms with van der Waals surface area (Å²) in [4.78, 5) is 23.3. The highest BCUT2D eigenvalue weighted by Gasteiger charge is 2.44. The van der Waals surface area contributed by atoms with Crippen molar-refractivity contribution in [2.24, 2.45) is 12.5 Å². The van der Waals surface area contributed by atoms with Gasteiger partial charge in [0.1, 0.15) is 11.5 Å². The maximum absolute atomic E-state index is 11.7. The quantitative estimate of drug-likeness (QED) is 0.552. The largest absolute Gasteiger partial charge is 0.299 e. The molecule has 0 atom stereocenters. The SMILES string of the molecule is Cn1ccc(C(=O)CC(=O)C2(C)CC2)n1. The van der Waals surface area contributed by atoms with Gasteiger partial charge in [-0.3, -0.25) is 14.3 Å². The summed E-state index contributed by atoms with van der Waals surface area (Å²) in [6, 6.07) is 1.64. The van der Waals surface area contributed by atoms with Crippen molar-refractivity contribution in [1.29, 1.82) is 0 Å². The molecule has 1 aliphatic rings. The molecule has 1 aromatic rings. The van der Waals surface area contributed by atoms with Crippen LogP contribution in [0.2, 0.25) is 0 Å². The number of rotatable bonds is 4. The van der Waals surface area contributed by atoms with E-state index in [1.165, 1.54) is 0 Å². The summed E-state index contributed by atoms with van der Waals surface area (Å²) in [5.74, 6) is -0.119. The summed E-state index contributed by atoms with van der Waals surface area (Å²) in [7, 11) is 1.75. The van der Waals surface area contributed by atoms with E-state index in [-0.39, 0.29) is 23.4 Å². The molecule has 15 heavy (non-hydrogen) atoms. The van der Waals surface area contributed by atoms with Crippen molar-refractivity contribution in [3.05, 3.63) is 18.0 Å². The lowest BCUT2D eigenvalue weighted by Gasteiger charge is -2.04. The van der Waals surface area contributed by atoms with Crippen LogP contribution in [0.3, 0.4) is 0 Å². The van der Waals surface area contributed by atoms with Crippen molar-refractivity contribution >= 4 is 11.6 Å². The lowest BCUT2D eigenvalue weighted by molar-refractivity contribution is -0.122. The van der Waals surface area contributed by atoms with Crippen molar-refractivity contribution < 1.29 is 9.59 Å². The molecule has 0 radical (unpaired) electrons. The van der Waals surface area contributed by atoms with Gasteiger partial charge in [-0.1, -0.05) is 6.92 Å². The Morgan fingerprint density at radius 1 is 1.53 bits per heavy atom. The Morgan fingerprint density at radius 2 is 2.20 bits per heavy atom. The van der Waals surface area contributed by atoms with Crippen LogP contribution >= 0.6 is 0 Å². The van der Waals surface area contributed by atoms with Gasteiger partial charge >= 0.3 is 0 Å². The number of Topliss-reactive ketones (excluding diaryl/α,β-unsaturated/α-hetero) is 2. The van der Waals surface area contributed by atoms with Crippen molar-refractivity contribution in [3.63, 3.8) is 0 Å². The van der Waals surface area contributed by atoms with E-state index in [0.29, 0.717) is 5.69 Å². The van der Waals surface area contributed by atoms with Crippen LogP contribution in [0.4, 0.5) is 0 Å². The van der Waals surface area contributed by atoms with Gasteiger partial charge in [-0.15, -0.1) is 0 Å². The van der Waals surface area contributed by atoms with Crippen molar-refractivity contribution in [3.8, 4) is 0 Å². The van der Waals surface area contributed by atoms with E-state index in [0.717, 1.165) is 12.8 Å². The van der Waals surface area contributed by atoms with E-state index < -0.39 is 0 Å². The molecule has 0 unspecified atom stereocenters. The van der Waals surface area contributed by atoms with Gasteiger partial charge in [0.15, 0.2) is 5.78 Å². The fourth-order valence-corrected chi connectivity index (χ4v) is 1.48. The van der Waals surface area contributed by atoms with Gasteiger partial charge in [0.05, 0.1) is 6.42 Å². The normalized spacial score (nSPS) is 17.5. The molecule has 4 nitrogen and oxygen atoms in total. The zero-order chi connectivity index (χ0) is 11.1. The Balaban J connectivity index is 2.01. The van der Waals surface area contributed by atoms with Crippen LogP contribution in [0.1, 0.15) is 36.7 Å². The molecule has 0 aromatic carbocycles. The Hall–Kier alpha value is -1.45. The molecule has 80 valence electrons. The first-order valence-electron chi connectivity index (χ1n) is 5.07. The molecule has 2 rings (SSSR count). The summed E-state index contributed by atoms with van der Waals surface area (Å²) in [6.45, 7) is 1.92. The average Bonchev–Trinajstić information content (AvgIpc) is 2.77. The first-order valence-corrected chi connectivity index (χ1v) is 5.07. The van der Waals surface area contributed by atoms with Crippen LogP contribution in [0.25, 0.3) is 0 Å². The molecule has 1 fully saturated rings. The van der Waals surface area contributed by atoms with E-state index in [1.54, 1.807) is 24.0 Å². The zero-order valence-electron chi connectivity index (χ0n) is 8.99. The summed E-state index contributed by atoms with van der Waals surface area (Å²) in [5, 5.41) is 3.98. The first-order chi connectivity index (χ1) is 7.01. The smallest absolute Gasteiger partial charge is 0.190 e. The highest BCUT2D eigenvalue weighted by molar-refractivity contribution is 6.09. The number of nitrogens with zero attached hydrogens (tertiary/aromatic N) is 2. The Morgan fingerprint density at radius 3 is 2.67 bits per heavy atom. The molecule has 4 heteroatoms. The Kier molecular flexibility index (Phi) is 2.21.